The smallest absolute Gasteiger partial charge is 0.759 e. The van der Waals surface area contributed by atoms with Crippen LogP contribution in [0.4, 0.5) is 0 Å². The molecule has 0 rings (SSSR count). The third kappa shape index (κ3) is 15600. The van der Waals surface area contributed by atoms with Crippen molar-refractivity contribution in [3.05, 3.63) is 0 Å². The molecule has 0 aromatic heterocycles. The number of rotatable bonds is 0. The molecule has 0 saturated carbocycles. The SMILES string of the molecule is O=S(=O)([O-])[O-].O=S(=O)([O-])[O-].O=S(=O)([O-])[O-].[P+3].[P+3]. The predicted molar refractivity (Wildman–Crippen MR) is 45.3 cm³/mol. The van der Waals surface area contributed by atoms with Gasteiger partial charge in [0.25, 0.3) is 0 Å². The van der Waals surface area contributed by atoms with Gasteiger partial charge in [0.2, 0.25) is 0 Å². The first-order valence-electron chi connectivity index (χ1n) is 2.00. The molecular weight excluding hydrogens is 350 g/mol. The molecule has 17 heteroatoms. The normalized spacial score (nSPS) is 10.2. The molecule has 0 atom stereocenters. The molecule has 0 bridgehead atoms. The van der Waals surface area contributed by atoms with Gasteiger partial charge in [-0.3, -0.25) is 25.3 Å². The minimum absolute atomic E-state index is 0. The summed E-state index contributed by atoms with van der Waals surface area (Å²) in [5.41, 5.74) is 0. The van der Waals surface area contributed by atoms with Crippen LogP contribution in [0.5, 0.6) is 0 Å². The van der Waals surface area contributed by atoms with Crippen molar-refractivity contribution >= 4 is 51.0 Å². The van der Waals surface area contributed by atoms with E-state index in [1.165, 1.54) is 0 Å². The summed E-state index contributed by atoms with van der Waals surface area (Å²) in [6.45, 7) is 0. The van der Waals surface area contributed by atoms with Crippen LogP contribution in [0.2, 0.25) is 0 Å². The Balaban J connectivity index is -0.0000000400. The summed E-state index contributed by atoms with van der Waals surface area (Å²) in [5, 5.41) is 0. The van der Waals surface area contributed by atoms with E-state index in [0.717, 1.165) is 0 Å². The van der Waals surface area contributed by atoms with Crippen molar-refractivity contribution in [2.75, 3.05) is 0 Å². The zero-order chi connectivity index (χ0) is 13.5. The van der Waals surface area contributed by atoms with Gasteiger partial charge in [0.1, 0.15) is 0 Å². The number of hydrogen-bond donors (Lipinski definition) is 0. The standard InChI is InChI=1S/3H2O4S.2P/c3*1-5(2,3)4;;/h3*(H2,1,2,3,4);;/q;;;2*+3/p-6. The molecule has 0 fully saturated rings. The maximum Gasteiger partial charge on any atom is 3.00 e. The van der Waals surface area contributed by atoms with Gasteiger partial charge in [-0.2, -0.15) is 0 Å². The van der Waals surface area contributed by atoms with Crippen LogP contribution < -0.4 is 0 Å². The topological polar surface area (TPSA) is 241 Å². The van der Waals surface area contributed by atoms with Crippen molar-refractivity contribution in [2.24, 2.45) is 0 Å². The van der Waals surface area contributed by atoms with E-state index < -0.39 is 31.2 Å². The van der Waals surface area contributed by atoms with Crippen LogP contribution in [0.25, 0.3) is 0 Å². The summed E-state index contributed by atoms with van der Waals surface area (Å²) in [6, 6.07) is 0. The Kier molecular flexibility index (Phi) is 20.7. The van der Waals surface area contributed by atoms with Crippen molar-refractivity contribution < 1.29 is 52.6 Å². The van der Waals surface area contributed by atoms with Crippen molar-refractivity contribution in [1.82, 2.24) is 0 Å². The number of hydrogen-bond acceptors (Lipinski definition) is 12. The van der Waals surface area contributed by atoms with Crippen LogP contribution >= 0.6 is 19.8 Å². The summed E-state index contributed by atoms with van der Waals surface area (Å²) >= 11 is 0. The molecule has 4 radical (unpaired) electrons. The molecule has 0 unspecified atom stereocenters. The summed E-state index contributed by atoms with van der Waals surface area (Å²) in [5.74, 6) is 0. The third-order valence-electron chi connectivity index (χ3n) is 0. The van der Waals surface area contributed by atoms with E-state index >= 15 is 0 Å². The molecule has 0 spiro atoms. The maximum absolute atomic E-state index is 8.52. The molecule has 17 heavy (non-hydrogen) atoms. The molecule has 0 saturated heterocycles. The molecule has 0 aliphatic heterocycles. The molecule has 0 aromatic carbocycles. The Bertz CT molecular complexity index is 341. The van der Waals surface area contributed by atoms with Gasteiger partial charge >= 0.3 is 19.8 Å². The Morgan fingerprint density at radius 3 is 0.412 bits per heavy atom. The predicted octanol–water partition coefficient (Wildman–Crippen LogP) is -2.29. The van der Waals surface area contributed by atoms with Gasteiger partial charge < -0.3 is 27.3 Å². The average Bonchev–Trinajstić information content (AvgIpc) is 1.41. The Hall–Kier alpha value is 0.470. The van der Waals surface area contributed by atoms with Crippen LogP contribution in [-0.2, 0) is 31.2 Å². The van der Waals surface area contributed by atoms with E-state index in [1.54, 1.807) is 0 Å². The summed E-state index contributed by atoms with van der Waals surface area (Å²) in [7, 11) is -15.5. The summed E-state index contributed by atoms with van der Waals surface area (Å²) < 4.78 is 102. The molecule has 0 aromatic rings. The molecule has 100 valence electrons. The van der Waals surface area contributed by atoms with Gasteiger partial charge in [0.15, 0.2) is 0 Å². The fourth-order valence-electron chi connectivity index (χ4n) is 0. The largest absolute Gasteiger partial charge is 3.00 e. The van der Waals surface area contributed by atoms with Crippen LogP contribution in [0, 0.1) is 0 Å². The molecule has 12 nitrogen and oxygen atoms in total. The van der Waals surface area contributed by atoms with Crippen molar-refractivity contribution in [1.29, 1.82) is 0 Å². The van der Waals surface area contributed by atoms with E-state index in [0.29, 0.717) is 0 Å². The molecule has 0 heterocycles. The van der Waals surface area contributed by atoms with Crippen LogP contribution in [0.3, 0.4) is 0 Å². The fourth-order valence-corrected chi connectivity index (χ4v) is 0. The molecule has 0 amide bonds. The van der Waals surface area contributed by atoms with Gasteiger partial charge in [0, 0.05) is 31.2 Å². The molecule has 0 aliphatic carbocycles. The monoisotopic (exact) mass is 350 g/mol. The zero-order valence-corrected chi connectivity index (χ0v) is 11.3. The van der Waals surface area contributed by atoms with E-state index in [4.69, 9.17) is 52.6 Å². The van der Waals surface area contributed by atoms with Gasteiger partial charge in [-0.05, 0) is 0 Å². The average molecular weight is 350 g/mol. The summed E-state index contributed by atoms with van der Waals surface area (Å²) in [6.07, 6.45) is 0. The summed E-state index contributed by atoms with van der Waals surface area (Å²) in [4.78, 5) is 0. The Morgan fingerprint density at radius 1 is 0.412 bits per heavy atom. The van der Waals surface area contributed by atoms with Crippen LogP contribution in [0.1, 0.15) is 0 Å². The van der Waals surface area contributed by atoms with Gasteiger partial charge in [-0.15, -0.1) is 0 Å². The Labute approximate surface area is 104 Å². The molecular formula is O12P2S3. The van der Waals surface area contributed by atoms with Crippen LogP contribution in [0.15, 0.2) is 0 Å². The minimum Gasteiger partial charge on any atom is -0.759 e. The van der Waals surface area contributed by atoms with Crippen molar-refractivity contribution in [2.45, 2.75) is 0 Å². The van der Waals surface area contributed by atoms with E-state index in [1.807, 2.05) is 0 Å². The molecule has 0 N–H and O–H groups in total. The van der Waals surface area contributed by atoms with Crippen LogP contribution in [-0.4, -0.2) is 52.6 Å². The van der Waals surface area contributed by atoms with E-state index in [-0.39, 0.29) is 19.8 Å². The third-order valence-corrected chi connectivity index (χ3v) is 0. The second kappa shape index (κ2) is 11.6. The minimum atomic E-state index is -5.17. The van der Waals surface area contributed by atoms with Crippen molar-refractivity contribution in [3.8, 4) is 0 Å². The first-order valence-corrected chi connectivity index (χ1v) is 6.00. The van der Waals surface area contributed by atoms with Gasteiger partial charge in [-0.1, -0.05) is 0 Å². The van der Waals surface area contributed by atoms with E-state index in [9.17, 15) is 0 Å². The zero-order valence-electron chi connectivity index (χ0n) is 7.02. The quantitative estimate of drug-likeness (QED) is 0.254. The molecule has 0 aliphatic rings. The second-order valence-corrected chi connectivity index (χ2v) is 3.67. The van der Waals surface area contributed by atoms with Gasteiger partial charge in [0.05, 0.1) is 0 Å². The maximum atomic E-state index is 8.52. The first kappa shape index (κ1) is 30.5. The Morgan fingerprint density at radius 2 is 0.412 bits per heavy atom. The van der Waals surface area contributed by atoms with Gasteiger partial charge in [-0.25, -0.2) is 0 Å². The second-order valence-electron chi connectivity index (χ2n) is 1.22. The first-order chi connectivity index (χ1) is 6.00. The van der Waals surface area contributed by atoms with Crippen molar-refractivity contribution in [3.63, 3.8) is 0 Å². The van der Waals surface area contributed by atoms with E-state index in [2.05, 4.69) is 0 Å². The fraction of sp³-hybridized carbons (Fsp3) is 0.